The minimum Gasteiger partial charge on any atom is -0.295 e. The van der Waals surface area contributed by atoms with E-state index in [0.29, 0.717) is 12.0 Å². The second-order valence-corrected chi connectivity index (χ2v) is 7.65. The van der Waals surface area contributed by atoms with Crippen LogP contribution in [0.3, 0.4) is 0 Å². The van der Waals surface area contributed by atoms with Crippen molar-refractivity contribution in [2.75, 3.05) is 19.6 Å². The number of rotatable bonds is 4. The molecule has 4 rings (SSSR count). The normalized spacial score (nSPS) is 27.9. The van der Waals surface area contributed by atoms with Crippen molar-refractivity contribution in [2.45, 2.75) is 51.0 Å². The van der Waals surface area contributed by atoms with Gasteiger partial charge in [0.15, 0.2) is 0 Å². The van der Waals surface area contributed by atoms with E-state index in [1.54, 1.807) is 0 Å². The van der Waals surface area contributed by atoms with E-state index in [-0.39, 0.29) is 5.41 Å². The van der Waals surface area contributed by atoms with Crippen LogP contribution in [0.4, 0.5) is 5.69 Å². The Hall–Kier alpha value is -1.48. The molecule has 1 aromatic rings. The molecule has 23 heavy (non-hydrogen) atoms. The third-order valence-electron chi connectivity index (χ3n) is 5.65. The molecule has 1 aromatic carbocycles. The van der Waals surface area contributed by atoms with E-state index in [0.717, 1.165) is 18.7 Å². The molecule has 0 bridgehead atoms. The standard InChI is InChI=1S/C20H27N3/c1-15(2)13-18(23-11-5-6-12-23)19-20(9-10-21-19)14-22-17-8-4-3-7-16(17)20/h3-4,7-8,14-15,18H,5-6,9-13H2,1-2H3/t18-,20+/m0/s1. The fraction of sp³-hybridized carbons (Fsp3) is 0.600. The lowest BCUT2D eigenvalue weighted by molar-refractivity contribution is 0.264. The molecular formula is C20H27N3. The van der Waals surface area contributed by atoms with Crippen molar-refractivity contribution in [1.29, 1.82) is 0 Å². The van der Waals surface area contributed by atoms with Gasteiger partial charge in [-0.2, -0.15) is 0 Å². The SMILES string of the molecule is CC(C)C[C@@H](C1=NCC[C@]12C=Nc1ccccc12)N1CCCC1. The summed E-state index contributed by atoms with van der Waals surface area (Å²) in [6, 6.07) is 9.13. The molecule has 0 N–H and O–H groups in total. The van der Waals surface area contributed by atoms with Crippen molar-refractivity contribution in [3.05, 3.63) is 29.8 Å². The highest BCUT2D eigenvalue weighted by Gasteiger charge is 2.47. The molecule has 0 amide bonds. The number of hydrogen-bond donors (Lipinski definition) is 0. The molecule has 122 valence electrons. The summed E-state index contributed by atoms with van der Waals surface area (Å²) in [6.45, 7) is 8.07. The van der Waals surface area contributed by atoms with E-state index < -0.39 is 0 Å². The van der Waals surface area contributed by atoms with Gasteiger partial charge in [-0.1, -0.05) is 32.0 Å². The third-order valence-corrected chi connectivity index (χ3v) is 5.65. The fourth-order valence-electron chi connectivity index (χ4n) is 4.57. The highest BCUT2D eigenvalue weighted by Crippen LogP contribution is 2.44. The average Bonchev–Trinajstić information content (AvgIpc) is 3.27. The first-order valence-electron chi connectivity index (χ1n) is 9.14. The number of para-hydroxylation sites is 1. The Morgan fingerprint density at radius 3 is 2.74 bits per heavy atom. The van der Waals surface area contributed by atoms with Gasteiger partial charge in [0.25, 0.3) is 0 Å². The van der Waals surface area contributed by atoms with E-state index in [1.807, 2.05) is 0 Å². The smallest absolute Gasteiger partial charge is 0.0738 e. The zero-order valence-electron chi connectivity index (χ0n) is 14.3. The Balaban J connectivity index is 1.73. The summed E-state index contributed by atoms with van der Waals surface area (Å²) in [5, 5.41) is 0. The number of benzene rings is 1. The monoisotopic (exact) mass is 309 g/mol. The van der Waals surface area contributed by atoms with E-state index in [2.05, 4.69) is 49.2 Å². The van der Waals surface area contributed by atoms with E-state index in [9.17, 15) is 0 Å². The fourth-order valence-corrected chi connectivity index (χ4v) is 4.57. The van der Waals surface area contributed by atoms with Crippen LogP contribution in [0.25, 0.3) is 0 Å². The Morgan fingerprint density at radius 2 is 1.96 bits per heavy atom. The van der Waals surface area contributed by atoms with Crippen LogP contribution in [0, 0.1) is 5.92 Å². The summed E-state index contributed by atoms with van der Waals surface area (Å²) >= 11 is 0. The number of aliphatic imine (C=N–C) groups is 2. The Morgan fingerprint density at radius 1 is 1.17 bits per heavy atom. The van der Waals surface area contributed by atoms with Crippen molar-refractivity contribution in [3.63, 3.8) is 0 Å². The van der Waals surface area contributed by atoms with Crippen molar-refractivity contribution in [3.8, 4) is 0 Å². The van der Waals surface area contributed by atoms with Gasteiger partial charge in [0.05, 0.1) is 11.1 Å². The highest BCUT2D eigenvalue weighted by molar-refractivity contribution is 6.15. The maximum absolute atomic E-state index is 5.05. The van der Waals surface area contributed by atoms with Crippen molar-refractivity contribution in [2.24, 2.45) is 15.9 Å². The van der Waals surface area contributed by atoms with Crippen LogP contribution in [-0.2, 0) is 5.41 Å². The third kappa shape index (κ3) is 2.46. The summed E-state index contributed by atoms with van der Waals surface area (Å²) in [5.74, 6) is 0.689. The zero-order valence-corrected chi connectivity index (χ0v) is 14.3. The van der Waals surface area contributed by atoms with Gasteiger partial charge in [-0.15, -0.1) is 0 Å². The first kappa shape index (κ1) is 15.1. The van der Waals surface area contributed by atoms with Gasteiger partial charge in [-0.05, 0) is 56.3 Å². The molecular weight excluding hydrogens is 282 g/mol. The number of nitrogens with zero attached hydrogens (tertiary/aromatic N) is 3. The second kappa shape index (κ2) is 5.86. The first-order chi connectivity index (χ1) is 11.2. The summed E-state index contributed by atoms with van der Waals surface area (Å²) in [6.07, 6.45) is 7.16. The molecule has 3 heteroatoms. The van der Waals surface area contributed by atoms with E-state index >= 15 is 0 Å². The van der Waals surface area contributed by atoms with Crippen LogP contribution in [0.15, 0.2) is 34.3 Å². The molecule has 1 saturated heterocycles. The van der Waals surface area contributed by atoms with Crippen molar-refractivity contribution < 1.29 is 0 Å². The maximum Gasteiger partial charge on any atom is 0.0738 e. The Bertz CT molecular complexity index is 640. The van der Waals surface area contributed by atoms with Gasteiger partial charge >= 0.3 is 0 Å². The van der Waals surface area contributed by atoms with Gasteiger partial charge in [0.2, 0.25) is 0 Å². The molecule has 0 radical (unpaired) electrons. The summed E-state index contributed by atoms with van der Waals surface area (Å²) in [5.41, 5.74) is 3.89. The Labute approximate surface area is 139 Å². The highest BCUT2D eigenvalue weighted by atomic mass is 15.2. The molecule has 3 heterocycles. The molecule has 1 fully saturated rings. The molecule has 0 saturated carbocycles. The first-order valence-corrected chi connectivity index (χ1v) is 9.14. The van der Waals surface area contributed by atoms with Gasteiger partial charge in [-0.25, -0.2) is 0 Å². The lowest BCUT2D eigenvalue weighted by Gasteiger charge is -2.36. The van der Waals surface area contributed by atoms with Crippen LogP contribution in [0.2, 0.25) is 0 Å². The van der Waals surface area contributed by atoms with Crippen LogP contribution in [0.5, 0.6) is 0 Å². The van der Waals surface area contributed by atoms with E-state index in [1.165, 1.54) is 43.6 Å². The topological polar surface area (TPSA) is 28.0 Å². The quantitative estimate of drug-likeness (QED) is 0.826. The van der Waals surface area contributed by atoms with Gasteiger partial charge < -0.3 is 0 Å². The van der Waals surface area contributed by atoms with Crippen LogP contribution in [0.1, 0.15) is 45.1 Å². The maximum atomic E-state index is 5.05. The van der Waals surface area contributed by atoms with Gasteiger partial charge in [-0.3, -0.25) is 14.9 Å². The zero-order chi connectivity index (χ0) is 15.9. The predicted molar refractivity (Wildman–Crippen MR) is 97.2 cm³/mol. The second-order valence-electron chi connectivity index (χ2n) is 7.65. The molecule has 0 unspecified atom stereocenters. The van der Waals surface area contributed by atoms with Crippen molar-refractivity contribution in [1.82, 2.24) is 4.90 Å². The number of fused-ring (bicyclic) bond motifs is 2. The molecule has 1 spiro atoms. The molecule has 3 nitrogen and oxygen atoms in total. The van der Waals surface area contributed by atoms with Gasteiger partial charge in [0.1, 0.15) is 0 Å². The average molecular weight is 309 g/mol. The Kier molecular flexibility index (Phi) is 3.84. The molecule has 2 atom stereocenters. The lowest BCUT2D eigenvalue weighted by Crippen LogP contribution is -2.48. The summed E-state index contributed by atoms with van der Waals surface area (Å²) < 4.78 is 0. The predicted octanol–water partition coefficient (Wildman–Crippen LogP) is 4.00. The minimum absolute atomic E-state index is 0.0290. The number of likely N-dealkylation sites (tertiary alicyclic amines) is 1. The summed E-state index contributed by atoms with van der Waals surface area (Å²) in [7, 11) is 0. The van der Waals surface area contributed by atoms with Crippen LogP contribution in [-0.4, -0.2) is 42.5 Å². The molecule has 0 aromatic heterocycles. The van der Waals surface area contributed by atoms with Gasteiger partial charge in [0, 0.05) is 24.5 Å². The van der Waals surface area contributed by atoms with Crippen LogP contribution >= 0.6 is 0 Å². The van der Waals surface area contributed by atoms with E-state index in [4.69, 9.17) is 9.98 Å². The molecule has 3 aliphatic rings. The molecule has 0 aliphatic carbocycles. The minimum atomic E-state index is -0.0290. The summed E-state index contributed by atoms with van der Waals surface area (Å²) in [4.78, 5) is 12.5. The lowest BCUT2D eigenvalue weighted by atomic mass is 9.73. The molecule has 3 aliphatic heterocycles. The number of hydrogen-bond acceptors (Lipinski definition) is 3. The van der Waals surface area contributed by atoms with Crippen molar-refractivity contribution >= 4 is 17.6 Å². The van der Waals surface area contributed by atoms with Crippen LogP contribution < -0.4 is 0 Å². The largest absolute Gasteiger partial charge is 0.295 e.